The molecule has 1 fully saturated rings. The Kier molecular flexibility index (Phi) is 3.97. The third-order valence-electron chi connectivity index (χ3n) is 4.66. The molecule has 3 heterocycles. The maximum atomic E-state index is 9.00. The standard InChI is InChI=1S/C19H17ClN4/c20-18(14-5-7-22-11-14)19-15(9-17-16(24-19)6-8-23-17)13-3-1-12(10-21)2-4-13/h1-4,6,8-9,14,18,22-23H,5,7,11H2/t14-,18?/m1/s1. The van der Waals surface area contributed by atoms with Crippen molar-refractivity contribution >= 4 is 22.6 Å². The predicted octanol–water partition coefficient (Wildman–Crippen LogP) is 3.99. The van der Waals surface area contributed by atoms with Crippen LogP contribution in [-0.2, 0) is 0 Å². The molecule has 3 aromatic rings. The molecule has 0 aliphatic carbocycles. The van der Waals surface area contributed by atoms with E-state index in [0.717, 1.165) is 47.4 Å². The summed E-state index contributed by atoms with van der Waals surface area (Å²) in [5.41, 5.74) is 5.55. The summed E-state index contributed by atoms with van der Waals surface area (Å²) < 4.78 is 0. The molecule has 120 valence electrons. The van der Waals surface area contributed by atoms with Crippen LogP contribution >= 0.6 is 11.6 Å². The highest BCUT2D eigenvalue weighted by atomic mass is 35.5. The maximum absolute atomic E-state index is 9.00. The van der Waals surface area contributed by atoms with E-state index in [-0.39, 0.29) is 5.38 Å². The van der Waals surface area contributed by atoms with E-state index in [4.69, 9.17) is 21.8 Å². The first-order valence-electron chi connectivity index (χ1n) is 8.09. The number of nitriles is 1. The van der Waals surface area contributed by atoms with Gasteiger partial charge < -0.3 is 10.3 Å². The molecular weight excluding hydrogens is 320 g/mol. The summed E-state index contributed by atoms with van der Waals surface area (Å²) in [5, 5.41) is 12.2. The van der Waals surface area contributed by atoms with E-state index in [2.05, 4.69) is 22.4 Å². The number of benzene rings is 1. The van der Waals surface area contributed by atoms with Gasteiger partial charge in [-0.3, -0.25) is 0 Å². The lowest BCUT2D eigenvalue weighted by Gasteiger charge is -2.19. The van der Waals surface area contributed by atoms with Crippen molar-refractivity contribution in [3.63, 3.8) is 0 Å². The minimum Gasteiger partial charge on any atom is -0.360 e. The van der Waals surface area contributed by atoms with E-state index in [1.165, 1.54) is 0 Å². The van der Waals surface area contributed by atoms with Gasteiger partial charge in [-0.25, -0.2) is 4.98 Å². The average Bonchev–Trinajstić information content (AvgIpc) is 3.31. The number of fused-ring (bicyclic) bond motifs is 1. The minimum absolute atomic E-state index is 0.134. The topological polar surface area (TPSA) is 64.5 Å². The molecule has 1 aliphatic rings. The largest absolute Gasteiger partial charge is 0.360 e. The fourth-order valence-corrected chi connectivity index (χ4v) is 3.69. The molecule has 2 atom stereocenters. The first-order valence-corrected chi connectivity index (χ1v) is 8.53. The van der Waals surface area contributed by atoms with Gasteiger partial charge in [-0.05, 0) is 55.3 Å². The number of aromatic amines is 1. The molecule has 0 amide bonds. The normalized spacial score (nSPS) is 18.6. The van der Waals surface area contributed by atoms with E-state index in [1.807, 2.05) is 36.5 Å². The SMILES string of the molecule is N#Cc1ccc(-c2cc3[nH]ccc3nc2C(Cl)[C@@H]2CCNC2)cc1. The molecule has 1 aliphatic heterocycles. The molecule has 1 aromatic carbocycles. The predicted molar refractivity (Wildman–Crippen MR) is 95.8 cm³/mol. The molecule has 2 aromatic heterocycles. The lowest BCUT2D eigenvalue weighted by atomic mass is 9.94. The van der Waals surface area contributed by atoms with Crippen molar-refractivity contribution < 1.29 is 0 Å². The van der Waals surface area contributed by atoms with E-state index in [1.54, 1.807) is 0 Å². The highest BCUT2D eigenvalue weighted by Crippen LogP contribution is 2.38. The van der Waals surface area contributed by atoms with Crippen LogP contribution in [0, 0.1) is 17.2 Å². The van der Waals surface area contributed by atoms with E-state index >= 15 is 0 Å². The number of hydrogen-bond donors (Lipinski definition) is 2. The Bertz CT molecular complexity index is 901. The van der Waals surface area contributed by atoms with Crippen LogP contribution < -0.4 is 5.32 Å². The van der Waals surface area contributed by atoms with Crippen LogP contribution in [0.4, 0.5) is 0 Å². The number of aromatic nitrogens is 2. The first kappa shape index (κ1) is 15.2. The van der Waals surface area contributed by atoms with Gasteiger partial charge in [0.05, 0.1) is 33.7 Å². The van der Waals surface area contributed by atoms with Gasteiger partial charge in [-0.2, -0.15) is 5.26 Å². The second-order valence-electron chi connectivity index (χ2n) is 6.18. The summed E-state index contributed by atoms with van der Waals surface area (Å²) in [6, 6.07) is 13.8. The lowest BCUT2D eigenvalue weighted by molar-refractivity contribution is 0.554. The summed E-state index contributed by atoms with van der Waals surface area (Å²) in [6.07, 6.45) is 2.96. The number of hydrogen-bond acceptors (Lipinski definition) is 3. The quantitative estimate of drug-likeness (QED) is 0.711. The van der Waals surface area contributed by atoms with Crippen molar-refractivity contribution in [3.05, 3.63) is 53.9 Å². The van der Waals surface area contributed by atoms with Gasteiger partial charge in [0.2, 0.25) is 0 Å². The number of pyridine rings is 1. The summed E-state index contributed by atoms with van der Waals surface area (Å²) in [4.78, 5) is 8.06. The van der Waals surface area contributed by atoms with Crippen molar-refractivity contribution in [2.24, 2.45) is 5.92 Å². The van der Waals surface area contributed by atoms with Crippen molar-refractivity contribution in [3.8, 4) is 17.2 Å². The maximum Gasteiger partial charge on any atom is 0.0991 e. The zero-order valence-electron chi connectivity index (χ0n) is 13.1. The molecule has 2 N–H and O–H groups in total. The monoisotopic (exact) mass is 336 g/mol. The third-order valence-corrected chi connectivity index (χ3v) is 5.22. The number of halogens is 1. The van der Waals surface area contributed by atoms with Crippen LogP contribution in [0.2, 0.25) is 0 Å². The van der Waals surface area contributed by atoms with Crippen LogP contribution in [0.5, 0.6) is 0 Å². The molecule has 24 heavy (non-hydrogen) atoms. The van der Waals surface area contributed by atoms with Crippen LogP contribution in [0.1, 0.15) is 23.1 Å². The van der Waals surface area contributed by atoms with Gasteiger partial charge in [0.1, 0.15) is 0 Å². The first-order chi connectivity index (χ1) is 11.8. The highest BCUT2D eigenvalue weighted by Gasteiger charge is 2.28. The molecule has 5 heteroatoms. The van der Waals surface area contributed by atoms with Gasteiger partial charge in [-0.1, -0.05) is 12.1 Å². The van der Waals surface area contributed by atoms with Crippen LogP contribution in [0.15, 0.2) is 42.6 Å². The van der Waals surface area contributed by atoms with Gasteiger partial charge in [0, 0.05) is 11.8 Å². The molecule has 4 rings (SSSR count). The van der Waals surface area contributed by atoms with Crippen LogP contribution in [0.25, 0.3) is 22.2 Å². The second-order valence-corrected chi connectivity index (χ2v) is 6.65. The van der Waals surface area contributed by atoms with Gasteiger partial charge in [0.15, 0.2) is 0 Å². The Morgan fingerprint density at radius 3 is 2.79 bits per heavy atom. The summed E-state index contributed by atoms with van der Waals surface area (Å²) in [6.45, 7) is 1.93. The fraction of sp³-hybridized carbons (Fsp3) is 0.263. The lowest BCUT2D eigenvalue weighted by Crippen LogP contribution is -2.14. The van der Waals surface area contributed by atoms with Crippen molar-refractivity contribution in [1.29, 1.82) is 5.26 Å². The van der Waals surface area contributed by atoms with Gasteiger partial charge >= 0.3 is 0 Å². The van der Waals surface area contributed by atoms with E-state index in [9.17, 15) is 0 Å². The van der Waals surface area contributed by atoms with Crippen LogP contribution in [0.3, 0.4) is 0 Å². The molecule has 0 radical (unpaired) electrons. The Morgan fingerprint density at radius 2 is 2.08 bits per heavy atom. The summed E-state index contributed by atoms with van der Waals surface area (Å²) in [5.74, 6) is 0.382. The highest BCUT2D eigenvalue weighted by molar-refractivity contribution is 6.21. The Balaban J connectivity index is 1.84. The van der Waals surface area contributed by atoms with Gasteiger partial charge in [-0.15, -0.1) is 11.6 Å². The number of nitrogens with zero attached hydrogens (tertiary/aromatic N) is 2. The van der Waals surface area contributed by atoms with Crippen molar-refractivity contribution in [2.45, 2.75) is 11.8 Å². The number of rotatable bonds is 3. The van der Waals surface area contributed by atoms with Crippen LogP contribution in [-0.4, -0.2) is 23.1 Å². The van der Waals surface area contributed by atoms with E-state index in [0.29, 0.717) is 11.5 Å². The zero-order valence-corrected chi connectivity index (χ0v) is 13.8. The zero-order chi connectivity index (χ0) is 16.5. The Morgan fingerprint density at radius 1 is 1.25 bits per heavy atom. The van der Waals surface area contributed by atoms with Crippen molar-refractivity contribution in [2.75, 3.05) is 13.1 Å². The third kappa shape index (κ3) is 2.66. The number of alkyl halides is 1. The molecule has 1 saturated heterocycles. The average molecular weight is 337 g/mol. The summed E-state index contributed by atoms with van der Waals surface area (Å²) >= 11 is 6.83. The van der Waals surface area contributed by atoms with Crippen molar-refractivity contribution in [1.82, 2.24) is 15.3 Å². The van der Waals surface area contributed by atoms with Gasteiger partial charge in [0.25, 0.3) is 0 Å². The molecular formula is C19H17ClN4. The Hall–Kier alpha value is -2.35. The second kappa shape index (κ2) is 6.27. The number of nitrogens with one attached hydrogen (secondary N) is 2. The fourth-order valence-electron chi connectivity index (χ4n) is 3.31. The molecule has 0 bridgehead atoms. The Labute approximate surface area is 145 Å². The smallest absolute Gasteiger partial charge is 0.0991 e. The summed E-state index contributed by atoms with van der Waals surface area (Å²) in [7, 11) is 0. The molecule has 4 nitrogen and oxygen atoms in total. The molecule has 1 unspecified atom stereocenters. The number of H-pyrrole nitrogens is 1. The van der Waals surface area contributed by atoms with E-state index < -0.39 is 0 Å². The molecule has 0 saturated carbocycles. The molecule has 0 spiro atoms. The minimum atomic E-state index is -0.134.